The van der Waals surface area contributed by atoms with Crippen LogP contribution < -0.4 is 0 Å². The van der Waals surface area contributed by atoms with Gasteiger partial charge in [0.1, 0.15) is 11.4 Å². The molecule has 1 aromatic carbocycles. The predicted molar refractivity (Wildman–Crippen MR) is 76.9 cm³/mol. The van der Waals surface area contributed by atoms with E-state index in [-0.39, 0.29) is 17.3 Å². The Hall–Kier alpha value is -1.35. The van der Waals surface area contributed by atoms with Crippen molar-refractivity contribution >= 4 is 11.0 Å². The van der Waals surface area contributed by atoms with Gasteiger partial charge >= 0.3 is 0 Å². The van der Waals surface area contributed by atoms with Gasteiger partial charge in [0, 0.05) is 5.39 Å². The Kier molecular flexibility index (Phi) is 3.33. The van der Waals surface area contributed by atoms with E-state index < -0.39 is 5.60 Å². The zero-order valence-corrected chi connectivity index (χ0v) is 12.0. The van der Waals surface area contributed by atoms with E-state index in [1.54, 1.807) is 12.1 Å². The molecule has 3 rings (SSSR count). The lowest BCUT2D eigenvalue weighted by molar-refractivity contribution is -0.0863. The van der Waals surface area contributed by atoms with E-state index in [2.05, 4.69) is 13.8 Å². The summed E-state index contributed by atoms with van der Waals surface area (Å²) in [6.45, 7) is 4.26. The van der Waals surface area contributed by atoms with Gasteiger partial charge in [-0.25, -0.2) is 4.39 Å². The van der Waals surface area contributed by atoms with Crippen LogP contribution in [-0.4, -0.2) is 5.11 Å². The highest BCUT2D eigenvalue weighted by Gasteiger charge is 2.44. The molecule has 20 heavy (non-hydrogen) atoms. The van der Waals surface area contributed by atoms with E-state index >= 15 is 0 Å². The zero-order chi connectivity index (χ0) is 14.3. The van der Waals surface area contributed by atoms with Crippen molar-refractivity contribution in [2.24, 2.45) is 11.8 Å². The highest BCUT2D eigenvalue weighted by Crippen LogP contribution is 2.46. The summed E-state index contributed by atoms with van der Waals surface area (Å²) in [5, 5.41) is 11.9. The van der Waals surface area contributed by atoms with Crippen molar-refractivity contribution in [1.29, 1.82) is 0 Å². The summed E-state index contributed by atoms with van der Waals surface area (Å²) in [6.07, 6.45) is 3.81. The van der Waals surface area contributed by atoms with Crippen LogP contribution in [0.2, 0.25) is 0 Å². The van der Waals surface area contributed by atoms with Crippen molar-refractivity contribution in [3.63, 3.8) is 0 Å². The third-order valence-electron chi connectivity index (χ3n) is 4.66. The zero-order valence-electron chi connectivity index (χ0n) is 12.0. The molecule has 1 aliphatic rings. The Morgan fingerprint density at radius 2 is 2.15 bits per heavy atom. The van der Waals surface area contributed by atoms with Gasteiger partial charge in [-0.3, -0.25) is 0 Å². The fourth-order valence-electron chi connectivity index (χ4n) is 3.61. The molecule has 1 heterocycles. The van der Waals surface area contributed by atoms with Gasteiger partial charge in [0.25, 0.3) is 0 Å². The van der Waals surface area contributed by atoms with Gasteiger partial charge in [-0.1, -0.05) is 38.8 Å². The highest BCUT2D eigenvalue weighted by molar-refractivity contribution is 5.78. The summed E-state index contributed by atoms with van der Waals surface area (Å²) < 4.78 is 19.5. The summed E-state index contributed by atoms with van der Waals surface area (Å²) >= 11 is 0. The largest absolute Gasteiger partial charge is 0.455 e. The van der Waals surface area contributed by atoms with Crippen LogP contribution in [0.4, 0.5) is 4.39 Å². The fraction of sp³-hybridized carbons (Fsp3) is 0.529. The summed E-state index contributed by atoms with van der Waals surface area (Å²) in [5.74, 6) is 0.698. The molecule has 2 unspecified atom stereocenters. The number of halogens is 1. The predicted octanol–water partition coefficient (Wildman–Crippen LogP) is 4.61. The molecule has 0 amide bonds. The van der Waals surface area contributed by atoms with Crippen molar-refractivity contribution in [1.82, 2.24) is 0 Å². The van der Waals surface area contributed by atoms with E-state index in [1.165, 1.54) is 6.07 Å². The summed E-state index contributed by atoms with van der Waals surface area (Å²) in [4.78, 5) is 0. The minimum absolute atomic E-state index is 0.167. The van der Waals surface area contributed by atoms with Crippen LogP contribution in [0.1, 0.15) is 45.3 Å². The van der Waals surface area contributed by atoms with E-state index in [9.17, 15) is 9.50 Å². The van der Waals surface area contributed by atoms with Crippen molar-refractivity contribution in [3.8, 4) is 0 Å². The SMILES string of the molecule is CC(C)C1CCCCC1(O)c1cc2cccc(F)c2o1. The van der Waals surface area contributed by atoms with Gasteiger partial charge in [-0.15, -0.1) is 0 Å². The van der Waals surface area contributed by atoms with Gasteiger partial charge in [-0.05, 0) is 36.8 Å². The molecule has 1 aliphatic carbocycles. The molecule has 2 aromatic rings. The molecule has 0 aliphatic heterocycles. The molecule has 0 spiro atoms. The maximum Gasteiger partial charge on any atom is 0.170 e. The second-order valence-corrected chi connectivity index (χ2v) is 6.29. The molecule has 1 aromatic heterocycles. The first kappa shape index (κ1) is 13.6. The molecule has 0 bridgehead atoms. The molecule has 108 valence electrons. The number of fused-ring (bicyclic) bond motifs is 1. The monoisotopic (exact) mass is 276 g/mol. The number of aliphatic hydroxyl groups is 1. The first-order chi connectivity index (χ1) is 9.52. The number of benzene rings is 1. The number of hydrogen-bond acceptors (Lipinski definition) is 2. The fourth-order valence-corrected chi connectivity index (χ4v) is 3.61. The van der Waals surface area contributed by atoms with Crippen molar-refractivity contribution < 1.29 is 13.9 Å². The third-order valence-corrected chi connectivity index (χ3v) is 4.66. The average Bonchev–Trinajstić information content (AvgIpc) is 2.85. The van der Waals surface area contributed by atoms with Crippen LogP contribution in [0.3, 0.4) is 0 Å². The first-order valence-corrected chi connectivity index (χ1v) is 7.43. The van der Waals surface area contributed by atoms with Crippen molar-refractivity contribution in [2.45, 2.75) is 45.1 Å². The topological polar surface area (TPSA) is 33.4 Å². The number of hydrogen-bond donors (Lipinski definition) is 1. The first-order valence-electron chi connectivity index (χ1n) is 7.43. The van der Waals surface area contributed by atoms with Gasteiger partial charge < -0.3 is 9.52 Å². The molecule has 2 nitrogen and oxygen atoms in total. The summed E-state index contributed by atoms with van der Waals surface area (Å²) in [5.41, 5.74) is -0.707. The molecular formula is C17H21FO2. The van der Waals surface area contributed by atoms with Gasteiger partial charge in [0.15, 0.2) is 11.4 Å². The highest BCUT2D eigenvalue weighted by atomic mass is 19.1. The van der Waals surface area contributed by atoms with Crippen LogP contribution >= 0.6 is 0 Å². The lowest BCUT2D eigenvalue weighted by Crippen LogP contribution is -2.40. The van der Waals surface area contributed by atoms with Gasteiger partial charge in [-0.2, -0.15) is 0 Å². The number of rotatable bonds is 2. The van der Waals surface area contributed by atoms with Crippen LogP contribution in [-0.2, 0) is 5.60 Å². The normalized spacial score (nSPS) is 27.4. The Morgan fingerprint density at radius 1 is 1.35 bits per heavy atom. The molecule has 2 atom stereocenters. The van der Waals surface area contributed by atoms with E-state index in [0.717, 1.165) is 24.6 Å². The van der Waals surface area contributed by atoms with Crippen LogP contribution in [0.15, 0.2) is 28.7 Å². The Bertz CT molecular complexity index is 616. The standard InChI is InChI=1S/C17H21FO2/c1-11(2)13-7-3-4-9-17(13,19)15-10-12-6-5-8-14(18)16(12)20-15/h5-6,8,10-11,13,19H,3-4,7,9H2,1-2H3. The average molecular weight is 276 g/mol. The second-order valence-electron chi connectivity index (χ2n) is 6.29. The number of furan rings is 1. The lowest BCUT2D eigenvalue weighted by atomic mass is 9.69. The maximum atomic E-state index is 13.8. The maximum absolute atomic E-state index is 13.8. The Morgan fingerprint density at radius 3 is 2.85 bits per heavy atom. The van der Waals surface area contributed by atoms with Crippen LogP contribution in [0.25, 0.3) is 11.0 Å². The van der Waals surface area contributed by atoms with E-state index in [1.807, 2.05) is 6.07 Å². The van der Waals surface area contributed by atoms with Gasteiger partial charge in [0.2, 0.25) is 0 Å². The smallest absolute Gasteiger partial charge is 0.170 e. The molecule has 1 N–H and O–H groups in total. The quantitative estimate of drug-likeness (QED) is 0.869. The summed E-state index contributed by atoms with van der Waals surface area (Å²) in [6, 6.07) is 6.68. The van der Waals surface area contributed by atoms with Crippen LogP contribution in [0, 0.1) is 17.7 Å². The lowest BCUT2D eigenvalue weighted by Gasteiger charge is -2.40. The molecular weight excluding hydrogens is 255 g/mol. The van der Waals surface area contributed by atoms with E-state index in [0.29, 0.717) is 18.1 Å². The minimum atomic E-state index is -0.960. The van der Waals surface area contributed by atoms with Crippen molar-refractivity contribution in [3.05, 3.63) is 35.8 Å². The van der Waals surface area contributed by atoms with Crippen molar-refractivity contribution in [2.75, 3.05) is 0 Å². The Balaban J connectivity index is 2.09. The van der Waals surface area contributed by atoms with E-state index in [4.69, 9.17) is 4.42 Å². The second kappa shape index (κ2) is 4.88. The minimum Gasteiger partial charge on any atom is -0.455 e. The molecule has 3 heteroatoms. The molecule has 1 saturated carbocycles. The summed E-state index contributed by atoms with van der Waals surface area (Å²) in [7, 11) is 0. The molecule has 0 saturated heterocycles. The Labute approximate surface area is 118 Å². The van der Waals surface area contributed by atoms with Gasteiger partial charge in [0.05, 0.1) is 0 Å². The third kappa shape index (κ3) is 2.05. The van der Waals surface area contributed by atoms with Crippen LogP contribution in [0.5, 0.6) is 0 Å². The number of para-hydroxylation sites is 1. The molecule has 0 radical (unpaired) electrons. The molecule has 1 fully saturated rings.